The van der Waals surface area contributed by atoms with E-state index in [1.807, 2.05) is 12.3 Å². The maximum Gasteiger partial charge on any atom is 0.0573 e. The van der Waals surface area contributed by atoms with Gasteiger partial charge in [-0.2, -0.15) is 0 Å². The van der Waals surface area contributed by atoms with Gasteiger partial charge in [0.05, 0.1) is 5.69 Å². The molecular weight excluding hydrogens is 246 g/mol. The molecule has 1 N–H and O–H groups in total. The third kappa shape index (κ3) is 2.61. The van der Waals surface area contributed by atoms with Gasteiger partial charge in [0, 0.05) is 36.9 Å². The molecule has 20 heavy (non-hydrogen) atoms. The zero-order chi connectivity index (χ0) is 14.4. The van der Waals surface area contributed by atoms with Gasteiger partial charge in [0.25, 0.3) is 0 Å². The molecule has 3 nitrogen and oxygen atoms in total. The first-order chi connectivity index (χ1) is 9.41. The van der Waals surface area contributed by atoms with Crippen molar-refractivity contribution in [3.05, 3.63) is 29.6 Å². The molecule has 1 aliphatic carbocycles. The zero-order valence-electron chi connectivity index (χ0n) is 13.2. The maximum atomic E-state index is 4.60. The molecular formula is C17H27N3. The summed E-state index contributed by atoms with van der Waals surface area (Å²) in [5.41, 5.74) is 3.02. The van der Waals surface area contributed by atoms with Gasteiger partial charge in [-0.05, 0) is 58.1 Å². The van der Waals surface area contributed by atoms with Crippen molar-refractivity contribution in [1.82, 2.24) is 15.2 Å². The Labute approximate surface area is 122 Å². The van der Waals surface area contributed by atoms with Crippen LogP contribution in [0.2, 0.25) is 0 Å². The molecule has 1 aliphatic heterocycles. The summed E-state index contributed by atoms with van der Waals surface area (Å²) < 4.78 is 0. The van der Waals surface area contributed by atoms with E-state index < -0.39 is 0 Å². The van der Waals surface area contributed by atoms with Crippen molar-refractivity contribution >= 4 is 0 Å². The van der Waals surface area contributed by atoms with Gasteiger partial charge in [-0.1, -0.05) is 6.07 Å². The maximum absolute atomic E-state index is 4.60. The van der Waals surface area contributed by atoms with Crippen molar-refractivity contribution in [3.63, 3.8) is 0 Å². The highest BCUT2D eigenvalue weighted by atomic mass is 15.3. The molecule has 1 unspecified atom stereocenters. The average molecular weight is 273 g/mol. The lowest BCUT2D eigenvalue weighted by Crippen LogP contribution is -2.67. The summed E-state index contributed by atoms with van der Waals surface area (Å²) in [7, 11) is 0. The fraction of sp³-hybridized carbons (Fsp3) is 0.706. The van der Waals surface area contributed by atoms with E-state index in [9.17, 15) is 0 Å². The van der Waals surface area contributed by atoms with Crippen molar-refractivity contribution in [2.24, 2.45) is 5.92 Å². The quantitative estimate of drug-likeness (QED) is 0.918. The molecule has 3 heteroatoms. The highest BCUT2D eigenvalue weighted by Gasteiger charge is 2.49. The molecule has 0 bridgehead atoms. The Morgan fingerprint density at radius 2 is 2.10 bits per heavy atom. The van der Waals surface area contributed by atoms with Crippen molar-refractivity contribution < 1.29 is 0 Å². The Balaban J connectivity index is 1.85. The lowest BCUT2D eigenvalue weighted by molar-refractivity contribution is 0.00418. The summed E-state index contributed by atoms with van der Waals surface area (Å²) in [6.07, 6.45) is 4.69. The Bertz CT molecular complexity index is 493. The number of hydrogen-bond donors (Lipinski definition) is 1. The van der Waals surface area contributed by atoms with Crippen LogP contribution in [0.3, 0.4) is 0 Å². The van der Waals surface area contributed by atoms with Crippen molar-refractivity contribution in [2.45, 2.75) is 58.2 Å². The van der Waals surface area contributed by atoms with E-state index in [2.05, 4.69) is 49.0 Å². The smallest absolute Gasteiger partial charge is 0.0573 e. The van der Waals surface area contributed by atoms with E-state index in [-0.39, 0.29) is 5.54 Å². The summed E-state index contributed by atoms with van der Waals surface area (Å²) in [4.78, 5) is 7.28. The molecule has 2 fully saturated rings. The minimum Gasteiger partial charge on any atom is -0.309 e. The van der Waals surface area contributed by atoms with E-state index in [1.165, 1.54) is 24.1 Å². The minimum atomic E-state index is 0.192. The normalized spacial score (nSPS) is 30.4. The molecule has 2 heterocycles. The molecule has 1 atom stereocenters. The average Bonchev–Trinajstić information content (AvgIpc) is 3.21. The second kappa shape index (κ2) is 4.81. The zero-order valence-corrected chi connectivity index (χ0v) is 13.2. The molecule has 1 aromatic rings. The lowest BCUT2D eigenvalue weighted by Gasteiger charge is -2.51. The van der Waals surface area contributed by atoms with Crippen LogP contribution in [-0.2, 0) is 6.54 Å². The highest BCUT2D eigenvalue weighted by Crippen LogP contribution is 2.45. The Hall–Kier alpha value is -0.930. The Kier molecular flexibility index (Phi) is 3.38. The second-order valence-corrected chi connectivity index (χ2v) is 7.49. The summed E-state index contributed by atoms with van der Waals surface area (Å²) in [6.45, 7) is 12.4. The molecule has 0 spiro atoms. The molecule has 2 aliphatic rings. The van der Waals surface area contributed by atoms with Crippen LogP contribution in [0.5, 0.6) is 0 Å². The van der Waals surface area contributed by atoms with E-state index in [1.54, 1.807) is 0 Å². The van der Waals surface area contributed by atoms with Gasteiger partial charge in [0.2, 0.25) is 0 Å². The predicted molar refractivity (Wildman–Crippen MR) is 82.6 cm³/mol. The molecule has 1 saturated heterocycles. The topological polar surface area (TPSA) is 28.2 Å². The number of hydrogen-bond acceptors (Lipinski definition) is 3. The largest absolute Gasteiger partial charge is 0.309 e. The lowest BCUT2D eigenvalue weighted by atomic mass is 9.85. The Morgan fingerprint density at radius 3 is 2.75 bits per heavy atom. The summed E-state index contributed by atoms with van der Waals surface area (Å²) in [5.74, 6) is 0.857. The first kappa shape index (κ1) is 14.0. The predicted octanol–water partition coefficient (Wildman–Crippen LogP) is 2.74. The van der Waals surface area contributed by atoms with Gasteiger partial charge < -0.3 is 5.32 Å². The second-order valence-electron chi connectivity index (χ2n) is 7.49. The molecule has 1 saturated carbocycles. The number of aromatic nitrogens is 1. The summed E-state index contributed by atoms with van der Waals surface area (Å²) >= 11 is 0. The molecule has 0 aromatic carbocycles. The fourth-order valence-corrected chi connectivity index (χ4v) is 3.45. The van der Waals surface area contributed by atoms with Crippen LogP contribution < -0.4 is 5.32 Å². The van der Waals surface area contributed by atoms with Crippen molar-refractivity contribution in [1.29, 1.82) is 0 Å². The van der Waals surface area contributed by atoms with Gasteiger partial charge in [-0.3, -0.25) is 9.88 Å². The van der Waals surface area contributed by atoms with Gasteiger partial charge in [-0.25, -0.2) is 0 Å². The van der Waals surface area contributed by atoms with Crippen LogP contribution in [0.4, 0.5) is 0 Å². The fourth-order valence-electron chi connectivity index (χ4n) is 3.45. The first-order valence-corrected chi connectivity index (χ1v) is 7.81. The number of pyridine rings is 1. The van der Waals surface area contributed by atoms with Crippen molar-refractivity contribution in [3.8, 4) is 0 Å². The number of nitrogens with zero attached hydrogens (tertiary/aromatic N) is 2. The molecule has 3 rings (SSSR count). The SMILES string of the molecule is Cc1cccnc1CN1CC(C)(C)NCC1(C)C1CC1. The highest BCUT2D eigenvalue weighted by molar-refractivity contribution is 5.19. The summed E-state index contributed by atoms with van der Waals surface area (Å²) in [5, 5.41) is 3.74. The van der Waals surface area contributed by atoms with Crippen LogP contribution in [0.1, 0.15) is 44.9 Å². The standard InChI is InChI=1S/C17H27N3/c1-13-6-5-9-18-15(13)10-20-12-16(2,3)19-11-17(20,4)14-7-8-14/h5-6,9,14,19H,7-8,10-12H2,1-4H3. The van der Waals surface area contributed by atoms with Crippen LogP contribution in [-0.4, -0.2) is 34.1 Å². The third-order valence-electron chi connectivity index (χ3n) is 5.15. The Morgan fingerprint density at radius 1 is 1.35 bits per heavy atom. The van der Waals surface area contributed by atoms with Crippen molar-refractivity contribution in [2.75, 3.05) is 13.1 Å². The molecule has 110 valence electrons. The number of nitrogens with one attached hydrogen (secondary N) is 1. The minimum absolute atomic E-state index is 0.192. The van der Waals surface area contributed by atoms with Gasteiger partial charge in [0.15, 0.2) is 0 Å². The number of piperazine rings is 1. The molecule has 0 radical (unpaired) electrons. The van der Waals surface area contributed by atoms with E-state index >= 15 is 0 Å². The van der Waals surface area contributed by atoms with Crippen LogP contribution in [0.15, 0.2) is 18.3 Å². The van der Waals surface area contributed by atoms with E-state index in [4.69, 9.17) is 0 Å². The van der Waals surface area contributed by atoms with Gasteiger partial charge in [-0.15, -0.1) is 0 Å². The molecule has 0 amide bonds. The third-order valence-corrected chi connectivity index (χ3v) is 5.15. The summed E-state index contributed by atoms with van der Waals surface area (Å²) in [6, 6.07) is 4.20. The van der Waals surface area contributed by atoms with Crippen LogP contribution >= 0.6 is 0 Å². The van der Waals surface area contributed by atoms with E-state index in [0.717, 1.165) is 25.6 Å². The van der Waals surface area contributed by atoms with Gasteiger partial charge in [0.1, 0.15) is 0 Å². The van der Waals surface area contributed by atoms with Crippen LogP contribution in [0, 0.1) is 12.8 Å². The first-order valence-electron chi connectivity index (χ1n) is 7.81. The number of aryl methyl sites for hydroxylation is 1. The molecule has 1 aromatic heterocycles. The number of rotatable bonds is 3. The van der Waals surface area contributed by atoms with Crippen LogP contribution in [0.25, 0.3) is 0 Å². The monoisotopic (exact) mass is 273 g/mol. The van der Waals surface area contributed by atoms with Gasteiger partial charge >= 0.3 is 0 Å². The van der Waals surface area contributed by atoms with E-state index in [0.29, 0.717) is 5.54 Å².